The molecule has 0 aliphatic rings. The smallest absolute Gasteiger partial charge is 0.258 e. The molecule has 128 valence electrons. The van der Waals surface area contributed by atoms with E-state index in [0.717, 1.165) is 15.9 Å². The highest BCUT2D eigenvalue weighted by Crippen LogP contribution is 2.16. The van der Waals surface area contributed by atoms with E-state index in [9.17, 15) is 4.79 Å². The van der Waals surface area contributed by atoms with Gasteiger partial charge in [-0.1, -0.05) is 28.1 Å². The van der Waals surface area contributed by atoms with Gasteiger partial charge in [0.2, 0.25) is 0 Å². The summed E-state index contributed by atoms with van der Waals surface area (Å²) in [6.45, 7) is 0.569. The summed E-state index contributed by atoms with van der Waals surface area (Å²) in [7, 11) is 3.81. The molecule has 6 nitrogen and oxygen atoms in total. The summed E-state index contributed by atoms with van der Waals surface area (Å²) in [5.74, 6) is 1.23. The van der Waals surface area contributed by atoms with Crippen molar-refractivity contribution < 1.29 is 4.79 Å². The van der Waals surface area contributed by atoms with Gasteiger partial charge in [0.05, 0.1) is 18.3 Å². The van der Waals surface area contributed by atoms with E-state index in [-0.39, 0.29) is 5.91 Å². The van der Waals surface area contributed by atoms with Crippen LogP contribution < -0.4 is 10.2 Å². The largest absolute Gasteiger partial charge is 0.363 e. The Morgan fingerprint density at radius 3 is 2.76 bits per heavy atom. The first-order valence-electron chi connectivity index (χ1n) is 7.74. The third-order valence-corrected chi connectivity index (χ3v) is 4.14. The van der Waals surface area contributed by atoms with Gasteiger partial charge < -0.3 is 10.2 Å². The molecule has 2 heterocycles. The molecule has 0 atom stereocenters. The van der Waals surface area contributed by atoms with Crippen molar-refractivity contribution in [3.8, 4) is 0 Å². The molecule has 7 heteroatoms. The van der Waals surface area contributed by atoms with Crippen molar-refractivity contribution in [1.29, 1.82) is 0 Å². The third kappa shape index (κ3) is 4.24. The fraction of sp³-hybridized carbons (Fsp3) is 0.167. The number of pyridine rings is 1. The Balaban J connectivity index is 1.73. The van der Waals surface area contributed by atoms with Crippen LogP contribution in [0.15, 0.2) is 59.3 Å². The van der Waals surface area contributed by atoms with Crippen molar-refractivity contribution in [1.82, 2.24) is 14.8 Å². The van der Waals surface area contributed by atoms with E-state index in [1.807, 2.05) is 49.3 Å². The number of carbonyl (C=O) groups excluding carboxylic acids is 1. The highest BCUT2D eigenvalue weighted by molar-refractivity contribution is 9.10. The van der Waals surface area contributed by atoms with Crippen LogP contribution in [0.1, 0.15) is 15.9 Å². The van der Waals surface area contributed by atoms with Gasteiger partial charge in [0, 0.05) is 30.8 Å². The molecule has 0 saturated carbocycles. The molecule has 0 spiro atoms. The molecule has 0 aliphatic carbocycles. The van der Waals surface area contributed by atoms with E-state index in [0.29, 0.717) is 17.9 Å². The standard InChI is InChI=1S/C18H18BrN5O/c1-23(2)16-7-6-14(11-20-16)18(25)22-17-8-9-21-24(17)12-13-4-3-5-15(19)10-13/h3-11H,12H2,1-2H3,(H,22,25). The Kier molecular flexibility index (Phi) is 5.14. The average Bonchev–Trinajstić information content (AvgIpc) is 3.01. The summed E-state index contributed by atoms with van der Waals surface area (Å²) < 4.78 is 2.76. The lowest BCUT2D eigenvalue weighted by molar-refractivity contribution is 0.102. The highest BCUT2D eigenvalue weighted by atomic mass is 79.9. The number of halogens is 1. The summed E-state index contributed by atoms with van der Waals surface area (Å²) in [5, 5.41) is 7.18. The zero-order valence-electron chi connectivity index (χ0n) is 14.0. The molecule has 2 aromatic heterocycles. The molecule has 1 aromatic carbocycles. The zero-order valence-corrected chi connectivity index (χ0v) is 15.6. The quantitative estimate of drug-likeness (QED) is 0.713. The van der Waals surface area contributed by atoms with Gasteiger partial charge in [-0.25, -0.2) is 9.67 Å². The van der Waals surface area contributed by atoms with Crippen LogP contribution in [0, 0.1) is 0 Å². The van der Waals surface area contributed by atoms with Crippen molar-refractivity contribution >= 4 is 33.5 Å². The Labute approximate surface area is 154 Å². The fourth-order valence-corrected chi connectivity index (χ4v) is 2.79. The van der Waals surface area contributed by atoms with Gasteiger partial charge in [0.25, 0.3) is 5.91 Å². The Morgan fingerprint density at radius 2 is 2.08 bits per heavy atom. The van der Waals surface area contributed by atoms with E-state index in [4.69, 9.17) is 0 Å². The summed E-state index contributed by atoms with van der Waals surface area (Å²) in [4.78, 5) is 18.6. The minimum absolute atomic E-state index is 0.214. The topological polar surface area (TPSA) is 63.1 Å². The third-order valence-electron chi connectivity index (χ3n) is 3.65. The van der Waals surface area contributed by atoms with Crippen molar-refractivity contribution in [2.24, 2.45) is 0 Å². The van der Waals surface area contributed by atoms with Gasteiger partial charge in [-0.15, -0.1) is 0 Å². The number of anilines is 2. The molecule has 0 aliphatic heterocycles. The Bertz CT molecular complexity index is 873. The van der Waals surface area contributed by atoms with Crippen LogP contribution >= 0.6 is 15.9 Å². The molecule has 0 saturated heterocycles. The first-order chi connectivity index (χ1) is 12.0. The number of aromatic nitrogens is 3. The van der Waals surface area contributed by atoms with Gasteiger partial charge >= 0.3 is 0 Å². The fourth-order valence-electron chi connectivity index (χ4n) is 2.35. The molecule has 1 amide bonds. The van der Waals surface area contributed by atoms with E-state index in [1.165, 1.54) is 0 Å². The number of amides is 1. The monoisotopic (exact) mass is 399 g/mol. The Morgan fingerprint density at radius 1 is 1.24 bits per heavy atom. The van der Waals surface area contributed by atoms with E-state index < -0.39 is 0 Å². The summed E-state index contributed by atoms with van der Waals surface area (Å²) >= 11 is 3.46. The van der Waals surface area contributed by atoms with Crippen LogP contribution in [0.3, 0.4) is 0 Å². The average molecular weight is 400 g/mol. The predicted octanol–water partition coefficient (Wildman–Crippen LogP) is 3.41. The van der Waals surface area contributed by atoms with Crippen LogP contribution in [0.5, 0.6) is 0 Å². The van der Waals surface area contributed by atoms with Crippen LogP contribution in [-0.2, 0) is 6.54 Å². The van der Waals surface area contributed by atoms with Gasteiger partial charge in [-0.05, 0) is 29.8 Å². The molecule has 3 rings (SSSR count). The van der Waals surface area contributed by atoms with Crippen LogP contribution in [0.25, 0.3) is 0 Å². The molecule has 3 aromatic rings. The maximum absolute atomic E-state index is 12.4. The first-order valence-corrected chi connectivity index (χ1v) is 8.53. The molecule has 0 radical (unpaired) electrons. The Hall–Kier alpha value is -2.67. The van der Waals surface area contributed by atoms with Crippen LogP contribution in [0.2, 0.25) is 0 Å². The number of hydrogen-bond donors (Lipinski definition) is 1. The number of nitrogens with one attached hydrogen (secondary N) is 1. The molecule has 0 unspecified atom stereocenters. The molecular weight excluding hydrogens is 382 g/mol. The maximum Gasteiger partial charge on any atom is 0.258 e. The first kappa shape index (κ1) is 17.2. The maximum atomic E-state index is 12.4. The molecule has 0 fully saturated rings. The lowest BCUT2D eigenvalue weighted by Gasteiger charge is -2.12. The minimum Gasteiger partial charge on any atom is -0.363 e. The van der Waals surface area contributed by atoms with Gasteiger partial charge in [-0.3, -0.25) is 4.79 Å². The number of rotatable bonds is 5. The van der Waals surface area contributed by atoms with E-state index in [1.54, 1.807) is 29.2 Å². The zero-order chi connectivity index (χ0) is 17.8. The summed E-state index contributed by atoms with van der Waals surface area (Å²) in [5.41, 5.74) is 1.59. The number of hydrogen-bond acceptors (Lipinski definition) is 4. The second-order valence-corrected chi connectivity index (χ2v) is 6.67. The van der Waals surface area contributed by atoms with Crippen molar-refractivity contribution in [3.63, 3.8) is 0 Å². The predicted molar refractivity (Wildman–Crippen MR) is 102 cm³/mol. The second kappa shape index (κ2) is 7.48. The van der Waals surface area contributed by atoms with Crippen molar-refractivity contribution in [3.05, 3.63) is 70.5 Å². The van der Waals surface area contributed by atoms with Gasteiger partial charge in [0.1, 0.15) is 11.6 Å². The SMILES string of the molecule is CN(C)c1ccc(C(=O)Nc2ccnn2Cc2cccc(Br)c2)cn1. The van der Waals surface area contributed by atoms with Crippen molar-refractivity contribution in [2.75, 3.05) is 24.3 Å². The summed E-state index contributed by atoms with van der Waals surface area (Å²) in [6, 6.07) is 13.3. The number of benzene rings is 1. The number of carbonyl (C=O) groups is 1. The van der Waals surface area contributed by atoms with E-state index in [2.05, 4.69) is 31.3 Å². The van der Waals surface area contributed by atoms with Gasteiger partial charge in [0.15, 0.2) is 0 Å². The lowest BCUT2D eigenvalue weighted by Crippen LogP contribution is -2.17. The van der Waals surface area contributed by atoms with Crippen LogP contribution in [0.4, 0.5) is 11.6 Å². The minimum atomic E-state index is -0.214. The molecular formula is C18H18BrN5O. The van der Waals surface area contributed by atoms with Crippen LogP contribution in [-0.4, -0.2) is 34.8 Å². The summed E-state index contributed by atoms with van der Waals surface area (Å²) in [6.07, 6.45) is 3.24. The lowest BCUT2D eigenvalue weighted by atomic mass is 10.2. The van der Waals surface area contributed by atoms with E-state index >= 15 is 0 Å². The second-order valence-electron chi connectivity index (χ2n) is 5.76. The van der Waals surface area contributed by atoms with Gasteiger partial charge in [-0.2, -0.15) is 5.10 Å². The highest BCUT2D eigenvalue weighted by Gasteiger charge is 2.11. The molecule has 25 heavy (non-hydrogen) atoms. The normalized spacial score (nSPS) is 10.5. The van der Waals surface area contributed by atoms with Crippen molar-refractivity contribution in [2.45, 2.75) is 6.54 Å². The molecule has 0 bridgehead atoms. The number of nitrogens with zero attached hydrogens (tertiary/aromatic N) is 4. The molecule has 1 N–H and O–H groups in total.